The number of hydrogen-bond donors (Lipinski definition) is 1. The number of hydrogen-bond acceptors (Lipinski definition) is 4. The van der Waals surface area contributed by atoms with Crippen LogP contribution in [0.2, 0.25) is 0 Å². The number of amides is 1. The molecule has 1 aromatic rings. The lowest BCUT2D eigenvalue weighted by molar-refractivity contribution is -0.121. The van der Waals surface area contributed by atoms with E-state index in [-0.39, 0.29) is 30.0 Å². The van der Waals surface area contributed by atoms with E-state index in [1.165, 1.54) is 18.4 Å². The zero-order valence-corrected chi connectivity index (χ0v) is 14.6. The summed E-state index contributed by atoms with van der Waals surface area (Å²) in [6, 6.07) is 7.52. The van der Waals surface area contributed by atoms with Crippen molar-refractivity contribution in [2.45, 2.75) is 19.4 Å². The monoisotopic (exact) mass is 340 g/mol. The molecule has 2 rings (SSSR count). The van der Waals surface area contributed by atoms with Gasteiger partial charge in [0.1, 0.15) is 0 Å². The molecule has 1 amide bonds. The van der Waals surface area contributed by atoms with Crippen LogP contribution in [0, 0.1) is 12.8 Å². The predicted molar refractivity (Wildman–Crippen MR) is 88.6 cm³/mol. The molecule has 23 heavy (non-hydrogen) atoms. The number of nitrogens with one attached hydrogen (secondary N) is 1. The summed E-state index contributed by atoms with van der Waals surface area (Å²) in [6.07, 6.45) is 0.282. The Morgan fingerprint density at radius 1 is 1.26 bits per heavy atom. The number of carbonyl (C=O) groups is 1. The molecule has 1 N–H and O–H groups in total. The zero-order chi connectivity index (χ0) is 17.0. The van der Waals surface area contributed by atoms with Gasteiger partial charge in [0.05, 0.1) is 31.4 Å². The molecule has 1 aromatic carbocycles. The molecular formula is C16H24N2O4S. The molecule has 1 aliphatic rings. The summed E-state index contributed by atoms with van der Waals surface area (Å²) < 4.78 is 30.6. The van der Waals surface area contributed by atoms with Crippen molar-refractivity contribution >= 4 is 15.9 Å². The van der Waals surface area contributed by atoms with Gasteiger partial charge in [-0.3, -0.25) is 4.79 Å². The topological polar surface area (TPSA) is 75.7 Å². The summed E-state index contributed by atoms with van der Waals surface area (Å²) in [5, 5.41) is 2.91. The van der Waals surface area contributed by atoms with E-state index in [1.807, 2.05) is 31.2 Å². The lowest BCUT2D eigenvalue weighted by atomic mass is 10.1. The maximum absolute atomic E-state index is 12.2. The molecule has 0 saturated carbocycles. The number of rotatable bonds is 6. The first-order valence-corrected chi connectivity index (χ1v) is 9.21. The minimum absolute atomic E-state index is 0.0184. The fourth-order valence-electron chi connectivity index (χ4n) is 2.49. The van der Waals surface area contributed by atoms with E-state index >= 15 is 0 Å². The Balaban J connectivity index is 1.93. The third kappa shape index (κ3) is 5.02. The molecule has 0 aromatic heterocycles. The van der Waals surface area contributed by atoms with Gasteiger partial charge in [-0.05, 0) is 12.5 Å². The molecule has 2 atom stereocenters. The number of ether oxygens (including phenoxy) is 1. The van der Waals surface area contributed by atoms with Gasteiger partial charge in [0, 0.05) is 20.0 Å². The van der Waals surface area contributed by atoms with Gasteiger partial charge >= 0.3 is 0 Å². The van der Waals surface area contributed by atoms with E-state index in [0.29, 0.717) is 13.2 Å². The first kappa shape index (κ1) is 17.9. The molecule has 0 bridgehead atoms. The van der Waals surface area contributed by atoms with Crippen LogP contribution < -0.4 is 5.32 Å². The van der Waals surface area contributed by atoms with Crippen LogP contribution in [0.25, 0.3) is 0 Å². The third-order valence-corrected chi connectivity index (χ3v) is 5.97. The van der Waals surface area contributed by atoms with Gasteiger partial charge in [0.15, 0.2) is 0 Å². The Morgan fingerprint density at radius 2 is 1.91 bits per heavy atom. The Kier molecular flexibility index (Phi) is 5.78. The van der Waals surface area contributed by atoms with Crippen LogP contribution in [0.4, 0.5) is 0 Å². The van der Waals surface area contributed by atoms with Gasteiger partial charge in [-0.1, -0.05) is 29.8 Å². The summed E-state index contributed by atoms with van der Waals surface area (Å²) >= 11 is 0. The number of nitrogens with zero attached hydrogens (tertiary/aromatic N) is 1. The molecule has 7 heteroatoms. The summed E-state index contributed by atoms with van der Waals surface area (Å²) in [6.45, 7) is 2.70. The minimum Gasteiger partial charge on any atom is -0.379 e. The Morgan fingerprint density at radius 3 is 2.52 bits per heavy atom. The van der Waals surface area contributed by atoms with Crippen molar-refractivity contribution in [3.63, 3.8) is 0 Å². The van der Waals surface area contributed by atoms with Gasteiger partial charge in [0.25, 0.3) is 0 Å². The third-order valence-electron chi connectivity index (χ3n) is 4.01. The lowest BCUT2D eigenvalue weighted by Gasteiger charge is -2.21. The highest BCUT2D eigenvalue weighted by Gasteiger charge is 2.34. The van der Waals surface area contributed by atoms with Gasteiger partial charge in [0.2, 0.25) is 15.9 Å². The van der Waals surface area contributed by atoms with Crippen LogP contribution in [-0.4, -0.2) is 57.7 Å². The average molecular weight is 340 g/mol. The highest BCUT2D eigenvalue weighted by molar-refractivity contribution is 7.89. The van der Waals surface area contributed by atoms with E-state index in [0.717, 1.165) is 11.1 Å². The van der Waals surface area contributed by atoms with Gasteiger partial charge < -0.3 is 10.1 Å². The second kappa shape index (κ2) is 7.42. The average Bonchev–Trinajstić information content (AvgIpc) is 2.87. The molecule has 1 heterocycles. The molecule has 1 saturated heterocycles. The molecule has 0 aliphatic carbocycles. The van der Waals surface area contributed by atoms with Crippen molar-refractivity contribution in [2.75, 3.05) is 33.1 Å². The summed E-state index contributed by atoms with van der Waals surface area (Å²) in [5.41, 5.74) is 2.08. The molecule has 2 unspecified atom stereocenters. The van der Waals surface area contributed by atoms with Crippen LogP contribution in [0.3, 0.4) is 0 Å². The van der Waals surface area contributed by atoms with Gasteiger partial charge in [-0.15, -0.1) is 0 Å². The normalized spacial score (nSPS) is 21.6. The van der Waals surface area contributed by atoms with Gasteiger partial charge in [-0.2, -0.15) is 0 Å². The molecule has 1 aliphatic heterocycles. The second-order valence-corrected chi connectivity index (χ2v) is 8.42. The Bertz CT molecular complexity index is 641. The highest BCUT2D eigenvalue weighted by Crippen LogP contribution is 2.17. The second-order valence-electron chi connectivity index (χ2n) is 6.19. The number of benzene rings is 1. The quantitative estimate of drug-likeness (QED) is 0.821. The smallest absolute Gasteiger partial charge is 0.224 e. The largest absolute Gasteiger partial charge is 0.379 e. The summed E-state index contributed by atoms with van der Waals surface area (Å²) in [7, 11) is -0.292. The fourth-order valence-corrected chi connectivity index (χ4v) is 3.66. The molecule has 128 valence electrons. The maximum atomic E-state index is 12.2. The van der Waals surface area contributed by atoms with E-state index in [2.05, 4.69) is 5.32 Å². The highest BCUT2D eigenvalue weighted by atomic mass is 32.2. The van der Waals surface area contributed by atoms with Crippen molar-refractivity contribution in [3.05, 3.63) is 35.4 Å². The minimum atomic E-state index is -3.31. The van der Waals surface area contributed by atoms with E-state index in [1.54, 1.807) is 0 Å². The van der Waals surface area contributed by atoms with Gasteiger partial charge in [-0.25, -0.2) is 12.7 Å². The molecule has 0 radical (unpaired) electrons. The van der Waals surface area contributed by atoms with E-state index < -0.39 is 10.0 Å². The summed E-state index contributed by atoms with van der Waals surface area (Å²) in [5.74, 6) is -0.351. The Labute approximate surface area is 137 Å². The van der Waals surface area contributed by atoms with E-state index in [4.69, 9.17) is 4.74 Å². The van der Waals surface area contributed by atoms with Crippen LogP contribution >= 0.6 is 0 Å². The first-order chi connectivity index (χ1) is 10.8. The van der Waals surface area contributed by atoms with E-state index in [9.17, 15) is 13.2 Å². The van der Waals surface area contributed by atoms with Crippen LogP contribution in [-0.2, 0) is 26.0 Å². The van der Waals surface area contributed by atoms with Crippen LogP contribution in [0.15, 0.2) is 24.3 Å². The predicted octanol–water partition coefficient (Wildman–Crippen LogP) is 0.560. The zero-order valence-electron chi connectivity index (χ0n) is 13.8. The lowest BCUT2D eigenvalue weighted by Crippen LogP contribution is -2.44. The molecule has 1 fully saturated rings. The molecular weight excluding hydrogens is 316 g/mol. The van der Waals surface area contributed by atoms with Crippen molar-refractivity contribution < 1.29 is 17.9 Å². The van der Waals surface area contributed by atoms with Crippen molar-refractivity contribution in [3.8, 4) is 0 Å². The van der Waals surface area contributed by atoms with Crippen LogP contribution in [0.1, 0.15) is 11.1 Å². The van der Waals surface area contributed by atoms with Crippen molar-refractivity contribution in [1.29, 1.82) is 0 Å². The summed E-state index contributed by atoms with van der Waals surface area (Å²) in [4.78, 5) is 12.2. The standard InChI is InChI=1S/C16H24N2O4S/c1-12-4-6-13(7-5-12)8-16(19)17-15-10-22-9-14(15)11-23(20,21)18(2)3/h4-7,14-15H,8-11H2,1-3H3,(H,17,19). The first-order valence-electron chi connectivity index (χ1n) is 7.61. The Hall–Kier alpha value is -1.44. The number of carbonyl (C=O) groups excluding carboxylic acids is 1. The maximum Gasteiger partial charge on any atom is 0.224 e. The van der Waals surface area contributed by atoms with Crippen LogP contribution in [0.5, 0.6) is 0 Å². The molecule has 0 spiro atoms. The fraction of sp³-hybridized carbons (Fsp3) is 0.562. The SMILES string of the molecule is Cc1ccc(CC(=O)NC2COCC2CS(=O)(=O)N(C)C)cc1. The van der Waals surface area contributed by atoms with Crippen molar-refractivity contribution in [2.24, 2.45) is 5.92 Å². The number of sulfonamides is 1. The molecule has 6 nitrogen and oxygen atoms in total. The van der Waals surface area contributed by atoms with Crippen molar-refractivity contribution in [1.82, 2.24) is 9.62 Å². The number of aryl methyl sites for hydroxylation is 1.